The average Bonchev–Trinajstić information content (AvgIpc) is 3.64. The molecule has 0 fully saturated rings. The molecule has 0 amide bonds. The van der Waals surface area contributed by atoms with Crippen molar-refractivity contribution in [3.8, 4) is 45.3 Å². The molecule has 2 heterocycles. The molecule has 5 heteroatoms. The number of rotatable bonds is 10. The summed E-state index contributed by atoms with van der Waals surface area (Å²) in [6, 6.07) is 102. The largest absolute Gasteiger partial charge is 0.458 e. The van der Waals surface area contributed by atoms with E-state index < -0.39 is 16.1 Å². The Bertz CT molecular complexity index is 3530. The number of hydrogen-bond acceptors (Lipinski definition) is 2. The Morgan fingerprint density at radius 1 is 0.291 bits per heavy atom. The third kappa shape index (κ3) is 8.46. The Kier molecular flexibility index (Phi) is 12.5. The molecule has 79 heavy (non-hydrogen) atoms. The van der Waals surface area contributed by atoms with Crippen LogP contribution >= 0.6 is 0 Å². The van der Waals surface area contributed by atoms with Crippen molar-refractivity contribution in [3.05, 3.63) is 284 Å². The van der Waals surface area contributed by atoms with E-state index in [1.54, 1.807) is 0 Å². The SMILES string of the molecule is CC(C)(C)c1ccc2c(c1)B1c3cc(C(C)(C)C)ccc3Oc3c(-c4ccc([Si](c5ccccc5)(c5ccccc5)c5ccccc5)cc4)cc(-c4ccc([Si](c5ccccc5)(c5ccccc5)c5ccccc5)cc4)c(c31)O2. The fraction of sp³-hybridized carbons (Fsp3) is 0.108. The highest BCUT2D eigenvalue weighted by Crippen LogP contribution is 2.47. The number of hydrogen-bond donors (Lipinski definition) is 0. The summed E-state index contributed by atoms with van der Waals surface area (Å²) in [5, 5.41) is 10.7. The van der Waals surface area contributed by atoms with Crippen LogP contribution in [-0.2, 0) is 10.8 Å². The average molecular weight is 1050 g/mol. The molecule has 0 saturated heterocycles. The zero-order chi connectivity index (χ0) is 53.9. The van der Waals surface area contributed by atoms with E-state index in [1.165, 1.54) is 63.5 Å². The Hall–Kier alpha value is -8.48. The predicted molar refractivity (Wildman–Crippen MR) is 340 cm³/mol. The second kappa shape index (κ2) is 19.8. The van der Waals surface area contributed by atoms with Crippen LogP contribution in [-0.4, -0.2) is 22.9 Å². The van der Waals surface area contributed by atoms with Crippen LogP contribution in [0.4, 0.5) is 0 Å². The molecular weight excluding hydrogens is 988 g/mol. The van der Waals surface area contributed by atoms with E-state index in [2.05, 4.69) is 315 Å². The van der Waals surface area contributed by atoms with Crippen molar-refractivity contribution >= 4 is 80.7 Å². The van der Waals surface area contributed by atoms with E-state index in [4.69, 9.17) is 9.47 Å². The molecule has 2 nitrogen and oxygen atoms in total. The normalized spacial score (nSPS) is 12.9. The molecule has 0 aliphatic carbocycles. The minimum atomic E-state index is -2.80. The van der Waals surface area contributed by atoms with Crippen molar-refractivity contribution in [2.75, 3.05) is 0 Å². The van der Waals surface area contributed by atoms with Crippen molar-refractivity contribution in [2.45, 2.75) is 52.4 Å². The van der Waals surface area contributed by atoms with Gasteiger partial charge in [-0.15, -0.1) is 0 Å². The van der Waals surface area contributed by atoms with Gasteiger partial charge in [0.2, 0.25) is 0 Å². The van der Waals surface area contributed by atoms with Gasteiger partial charge in [-0.25, -0.2) is 0 Å². The fourth-order valence-corrected chi connectivity index (χ4v) is 22.4. The zero-order valence-electron chi connectivity index (χ0n) is 45.9. The van der Waals surface area contributed by atoms with Gasteiger partial charge in [-0.2, -0.15) is 0 Å². The minimum absolute atomic E-state index is 0.0779. The maximum atomic E-state index is 7.43. The lowest BCUT2D eigenvalue weighted by Gasteiger charge is -2.37. The summed E-state index contributed by atoms with van der Waals surface area (Å²) in [5.74, 6) is 3.45. The third-order valence-corrected chi connectivity index (χ3v) is 26.4. The second-order valence-electron chi connectivity index (χ2n) is 23.5. The van der Waals surface area contributed by atoms with Gasteiger partial charge in [0.25, 0.3) is 6.71 Å². The van der Waals surface area contributed by atoms with Crippen LogP contribution in [0.1, 0.15) is 52.7 Å². The standard InChI is InChI=1S/C74H63BO2Si2/c1-73(2,3)54-41-47-68-66(49-54)75-67-50-55(74(4,5)6)42-48-69(67)77-72-65(53-39-45-63(46-40-53)79(59-31-19-10-20-32-59,60-33-21-11-22-34-60)61-35-23-12-24-36-61)51-64(71(76-68)70(72)75)52-37-43-62(44-38-52)78(56-25-13-7-14-26-56,57-27-15-8-16-28-57)58-29-17-9-18-30-58/h7-51H,1-6H3. The lowest BCUT2D eigenvalue weighted by molar-refractivity contribution is 0.466. The molecule has 0 unspecified atom stereocenters. The van der Waals surface area contributed by atoms with E-state index in [9.17, 15) is 0 Å². The Morgan fingerprint density at radius 3 is 0.823 bits per heavy atom. The van der Waals surface area contributed by atoms with Crippen LogP contribution < -0.4 is 67.4 Å². The first-order valence-corrected chi connectivity index (χ1v) is 31.8. The van der Waals surface area contributed by atoms with Gasteiger partial charge in [0.1, 0.15) is 23.0 Å². The van der Waals surface area contributed by atoms with Gasteiger partial charge in [0.15, 0.2) is 16.1 Å². The Morgan fingerprint density at radius 2 is 0.557 bits per heavy atom. The Balaban J connectivity index is 1.06. The topological polar surface area (TPSA) is 18.5 Å². The molecule has 382 valence electrons. The number of ether oxygens (including phenoxy) is 2. The molecule has 2 aliphatic rings. The molecule has 0 aromatic heterocycles. The molecule has 11 aromatic carbocycles. The third-order valence-electron chi connectivity index (χ3n) is 16.9. The zero-order valence-corrected chi connectivity index (χ0v) is 47.9. The number of fused-ring (bicyclic) bond motifs is 4. The van der Waals surface area contributed by atoms with Crippen molar-refractivity contribution < 1.29 is 9.47 Å². The highest BCUT2D eigenvalue weighted by Gasteiger charge is 2.46. The van der Waals surface area contributed by atoms with Gasteiger partial charge >= 0.3 is 0 Å². The van der Waals surface area contributed by atoms with Crippen LogP contribution in [0.25, 0.3) is 22.3 Å². The van der Waals surface area contributed by atoms with E-state index in [0.717, 1.165) is 50.7 Å². The molecule has 0 saturated carbocycles. The van der Waals surface area contributed by atoms with Gasteiger partial charge in [0.05, 0.1) is 0 Å². The van der Waals surface area contributed by atoms with Gasteiger partial charge < -0.3 is 9.47 Å². The summed E-state index contributed by atoms with van der Waals surface area (Å²) in [7, 11) is -5.61. The quantitative estimate of drug-likeness (QED) is 0.100. The molecule has 0 N–H and O–H groups in total. The first kappa shape index (κ1) is 50.0. The van der Waals surface area contributed by atoms with Crippen molar-refractivity contribution in [3.63, 3.8) is 0 Å². The molecule has 13 rings (SSSR count). The van der Waals surface area contributed by atoms with Gasteiger partial charge in [-0.1, -0.05) is 296 Å². The van der Waals surface area contributed by atoms with Crippen molar-refractivity contribution in [2.24, 2.45) is 0 Å². The summed E-state index contributed by atoms with van der Waals surface area (Å²) in [5.41, 5.74) is 10.0. The van der Waals surface area contributed by atoms with Crippen molar-refractivity contribution in [1.82, 2.24) is 0 Å². The molecule has 2 aliphatic heterocycles. The van der Waals surface area contributed by atoms with Crippen LogP contribution in [0.2, 0.25) is 0 Å². The van der Waals surface area contributed by atoms with Crippen LogP contribution in [0.3, 0.4) is 0 Å². The highest BCUT2D eigenvalue weighted by molar-refractivity contribution is 7.20. The molecule has 11 aromatic rings. The maximum Gasteiger partial charge on any atom is 0.260 e. The number of benzene rings is 11. The molecule has 0 spiro atoms. The predicted octanol–water partition coefficient (Wildman–Crippen LogP) is 11.1. The van der Waals surface area contributed by atoms with Gasteiger partial charge in [0, 0.05) is 16.6 Å². The van der Waals surface area contributed by atoms with Crippen LogP contribution in [0.5, 0.6) is 23.0 Å². The molecular formula is C74H63BO2Si2. The summed E-state index contributed by atoms with van der Waals surface area (Å²) in [4.78, 5) is 0. The minimum Gasteiger partial charge on any atom is -0.458 e. The van der Waals surface area contributed by atoms with E-state index in [0.29, 0.717) is 0 Å². The highest BCUT2D eigenvalue weighted by atomic mass is 28.3. The first-order chi connectivity index (χ1) is 38.4. The van der Waals surface area contributed by atoms with Crippen LogP contribution in [0.15, 0.2) is 273 Å². The Labute approximate surface area is 469 Å². The summed E-state index contributed by atoms with van der Waals surface area (Å²) >= 11 is 0. The van der Waals surface area contributed by atoms with E-state index >= 15 is 0 Å². The van der Waals surface area contributed by atoms with Gasteiger partial charge in [-0.05, 0) is 104 Å². The molecule has 0 bridgehead atoms. The first-order valence-electron chi connectivity index (χ1n) is 27.8. The molecule has 0 radical (unpaired) electrons. The van der Waals surface area contributed by atoms with Crippen molar-refractivity contribution in [1.29, 1.82) is 0 Å². The lowest BCUT2D eigenvalue weighted by Crippen LogP contribution is -2.74. The summed E-state index contributed by atoms with van der Waals surface area (Å²) in [6.45, 7) is 13.6. The molecule has 0 atom stereocenters. The van der Waals surface area contributed by atoms with Gasteiger partial charge in [-0.3, -0.25) is 0 Å². The maximum absolute atomic E-state index is 7.43. The fourth-order valence-electron chi connectivity index (χ4n) is 12.9. The van der Waals surface area contributed by atoms with Crippen LogP contribution in [0, 0.1) is 0 Å². The van der Waals surface area contributed by atoms with E-state index in [-0.39, 0.29) is 17.5 Å². The monoisotopic (exact) mass is 1050 g/mol. The second-order valence-corrected chi connectivity index (χ2v) is 31.2. The lowest BCUT2D eigenvalue weighted by atomic mass is 9.34. The van der Waals surface area contributed by atoms with E-state index in [1.807, 2.05) is 0 Å². The summed E-state index contributed by atoms with van der Waals surface area (Å²) < 4.78 is 14.9. The summed E-state index contributed by atoms with van der Waals surface area (Å²) in [6.07, 6.45) is 0. The smallest absolute Gasteiger partial charge is 0.260 e.